The number of alkyl halides is 3. The molecular formula is C8H12F3NO4. The number of carboxylic acids is 1. The fraction of sp³-hybridized carbons (Fsp3) is 0.750. The van der Waals surface area contributed by atoms with Crippen molar-refractivity contribution in [3.8, 4) is 0 Å². The predicted molar refractivity (Wildman–Crippen MR) is 46.7 cm³/mol. The molecule has 1 amide bonds. The van der Waals surface area contributed by atoms with Gasteiger partial charge in [-0.2, -0.15) is 13.2 Å². The number of carboxylic acid groups (broad SMARTS) is 1. The summed E-state index contributed by atoms with van der Waals surface area (Å²) < 4.78 is 40.1. The summed E-state index contributed by atoms with van der Waals surface area (Å²) in [5.41, 5.74) is -1.18. The van der Waals surface area contributed by atoms with E-state index in [1.165, 1.54) is 13.8 Å². The lowest BCUT2D eigenvalue weighted by Crippen LogP contribution is -2.45. The van der Waals surface area contributed by atoms with Crippen LogP contribution in [0, 0.1) is 0 Å². The number of nitrogens with one attached hydrogen (secondary N) is 1. The summed E-state index contributed by atoms with van der Waals surface area (Å²) >= 11 is 0. The van der Waals surface area contributed by atoms with Crippen LogP contribution < -0.4 is 5.32 Å². The number of ether oxygens (including phenoxy) is 1. The lowest BCUT2D eigenvalue weighted by molar-refractivity contribution is -0.175. The summed E-state index contributed by atoms with van der Waals surface area (Å²) in [5.74, 6) is -3.32. The predicted octanol–water partition coefficient (Wildman–Crippen LogP) is 0.545. The number of hydrogen-bond acceptors (Lipinski definition) is 3. The molecule has 0 radical (unpaired) electrons. The van der Waals surface area contributed by atoms with Crippen LogP contribution in [0.25, 0.3) is 0 Å². The average Bonchev–Trinajstić information content (AvgIpc) is 2.10. The first kappa shape index (κ1) is 14.7. The first-order chi connectivity index (χ1) is 7.04. The van der Waals surface area contributed by atoms with Gasteiger partial charge in [0.1, 0.15) is 6.61 Å². The third-order valence-electron chi connectivity index (χ3n) is 1.52. The molecule has 0 fully saturated rings. The summed E-state index contributed by atoms with van der Waals surface area (Å²) in [4.78, 5) is 20.6. The van der Waals surface area contributed by atoms with Gasteiger partial charge >= 0.3 is 18.1 Å². The molecule has 0 bridgehead atoms. The Morgan fingerprint density at radius 2 is 1.81 bits per heavy atom. The summed E-state index contributed by atoms with van der Waals surface area (Å²) in [6.07, 6.45) is -4.96. The van der Waals surface area contributed by atoms with Crippen LogP contribution in [0.2, 0.25) is 0 Å². The molecule has 0 aromatic carbocycles. The highest BCUT2D eigenvalue weighted by atomic mass is 19.4. The van der Waals surface area contributed by atoms with Crippen molar-refractivity contribution < 1.29 is 32.6 Å². The Kier molecular flexibility index (Phi) is 4.73. The van der Waals surface area contributed by atoms with Crippen LogP contribution >= 0.6 is 0 Å². The third-order valence-corrected chi connectivity index (χ3v) is 1.52. The summed E-state index contributed by atoms with van der Waals surface area (Å²) in [6, 6.07) is 0. The molecular weight excluding hydrogens is 231 g/mol. The summed E-state index contributed by atoms with van der Waals surface area (Å²) in [7, 11) is 0. The van der Waals surface area contributed by atoms with Gasteiger partial charge in [-0.15, -0.1) is 0 Å². The highest BCUT2D eigenvalue weighted by molar-refractivity contribution is 5.81. The van der Waals surface area contributed by atoms with Gasteiger partial charge in [-0.05, 0) is 13.8 Å². The molecule has 16 heavy (non-hydrogen) atoms. The zero-order valence-corrected chi connectivity index (χ0v) is 8.72. The van der Waals surface area contributed by atoms with Gasteiger partial charge in [-0.1, -0.05) is 0 Å². The number of rotatable bonds is 5. The van der Waals surface area contributed by atoms with E-state index >= 15 is 0 Å². The molecule has 0 atom stereocenters. The van der Waals surface area contributed by atoms with Gasteiger partial charge in [0, 0.05) is 6.54 Å². The molecule has 0 aromatic rings. The number of hydrogen-bond donors (Lipinski definition) is 2. The fourth-order valence-electron chi connectivity index (χ4n) is 0.701. The van der Waals surface area contributed by atoms with Gasteiger partial charge in [0.25, 0.3) is 0 Å². The first-order valence-electron chi connectivity index (χ1n) is 4.25. The Bertz CT molecular complexity index is 275. The normalized spacial score (nSPS) is 12.3. The van der Waals surface area contributed by atoms with Crippen LogP contribution in [0.15, 0.2) is 0 Å². The lowest BCUT2D eigenvalue weighted by atomic mass is 10.1. The van der Waals surface area contributed by atoms with Gasteiger partial charge in [-0.25, -0.2) is 4.79 Å². The Morgan fingerprint density at radius 1 is 1.31 bits per heavy atom. The Balaban J connectivity index is 4.08. The molecule has 0 unspecified atom stereocenters. The second-order valence-electron chi connectivity index (χ2n) is 3.62. The van der Waals surface area contributed by atoms with Gasteiger partial charge in [0.2, 0.25) is 0 Å². The highest BCUT2D eigenvalue weighted by Gasteiger charge is 2.39. The Hall–Kier alpha value is -1.31. The quantitative estimate of drug-likeness (QED) is 0.739. The number of halogens is 3. The standard InChI is InChI=1S/C8H12F3NO4/c1-7(2,16-3-5(13)14)4-12-6(15)8(9,10)11/h3-4H2,1-2H3,(H,12,15)(H,13,14). The summed E-state index contributed by atoms with van der Waals surface area (Å²) in [6.45, 7) is 1.66. The van der Waals surface area contributed by atoms with Crippen molar-refractivity contribution in [2.45, 2.75) is 25.6 Å². The molecule has 0 saturated carbocycles. The van der Waals surface area contributed by atoms with Crippen LogP contribution in [-0.2, 0) is 14.3 Å². The minimum Gasteiger partial charge on any atom is -0.480 e. The average molecular weight is 243 g/mol. The van der Waals surface area contributed by atoms with E-state index in [0.717, 1.165) is 0 Å². The van der Waals surface area contributed by atoms with Crippen molar-refractivity contribution in [3.05, 3.63) is 0 Å². The van der Waals surface area contributed by atoms with E-state index in [1.54, 1.807) is 5.32 Å². The minimum absolute atomic E-state index is 0.432. The zero-order valence-electron chi connectivity index (χ0n) is 8.72. The largest absolute Gasteiger partial charge is 0.480 e. The highest BCUT2D eigenvalue weighted by Crippen LogP contribution is 2.15. The maximum Gasteiger partial charge on any atom is 0.471 e. The van der Waals surface area contributed by atoms with Gasteiger partial charge in [0.05, 0.1) is 5.60 Å². The number of carbonyl (C=O) groups excluding carboxylic acids is 1. The maximum atomic E-state index is 11.8. The van der Waals surface area contributed by atoms with Crippen molar-refractivity contribution in [3.63, 3.8) is 0 Å². The Morgan fingerprint density at radius 3 is 2.19 bits per heavy atom. The molecule has 0 aliphatic heterocycles. The van der Waals surface area contributed by atoms with Gasteiger partial charge in [0.15, 0.2) is 0 Å². The van der Waals surface area contributed by atoms with Crippen LogP contribution in [0.5, 0.6) is 0 Å². The van der Waals surface area contributed by atoms with Crippen LogP contribution in [0.3, 0.4) is 0 Å². The molecule has 0 rings (SSSR count). The van der Waals surface area contributed by atoms with Gasteiger partial charge < -0.3 is 15.2 Å². The first-order valence-corrected chi connectivity index (χ1v) is 4.25. The van der Waals surface area contributed by atoms with Crippen molar-refractivity contribution in [2.75, 3.05) is 13.2 Å². The molecule has 5 nitrogen and oxygen atoms in total. The number of amides is 1. The molecule has 94 valence electrons. The molecule has 0 heterocycles. The smallest absolute Gasteiger partial charge is 0.471 e. The van der Waals surface area contributed by atoms with Crippen molar-refractivity contribution in [1.82, 2.24) is 5.32 Å². The summed E-state index contributed by atoms with van der Waals surface area (Å²) in [5, 5.41) is 9.90. The van der Waals surface area contributed by atoms with Crippen molar-refractivity contribution in [2.24, 2.45) is 0 Å². The molecule has 8 heteroatoms. The monoisotopic (exact) mass is 243 g/mol. The van der Waals surface area contributed by atoms with E-state index in [1.807, 2.05) is 0 Å². The molecule has 0 aliphatic rings. The van der Waals surface area contributed by atoms with E-state index in [2.05, 4.69) is 0 Å². The fourth-order valence-corrected chi connectivity index (χ4v) is 0.701. The SMILES string of the molecule is CC(C)(CNC(=O)C(F)(F)F)OCC(=O)O. The van der Waals surface area contributed by atoms with E-state index in [-0.39, 0.29) is 0 Å². The molecule has 0 saturated heterocycles. The van der Waals surface area contributed by atoms with Crippen LogP contribution in [-0.4, -0.2) is 41.9 Å². The minimum atomic E-state index is -4.96. The van der Waals surface area contributed by atoms with Crippen LogP contribution in [0.1, 0.15) is 13.8 Å². The van der Waals surface area contributed by atoms with E-state index in [4.69, 9.17) is 9.84 Å². The maximum absolute atomic E-state index is 11.8. The Labute approximate surface area is 89.6 Å². The molecule has 2 N–H and O–H groups in total. The second kappa shape index (κ2) is 5.15. The molecule has 0 aliphatic carbocycles. The lowest BCUT2D eigenvalue weighted by Gasteiger charge is -2.24. The van der Waals surface area contributed by atoms with Crippen molar-refractivity contribution in [1.29, 1.82) is 0 Å². The molecule has 0 aromatic heterocycles. The number of aliphatic carboxylic acids is 1. The van der Waals surface area contributed by atoms with E-state index < -0.39 is 36.8 Å². The second-order valence-corrected chi connectivity index (χ2v) is 3.62. The van der Waals surface area contributed by atoms with Gasteiger partial charge in [-0.3, -0.25) is 4.79 Å². The van der Waals surface area contributed by atoms with Crippen molar-refractivity contribution >= 4 is 11.9 Å². The van der Waals surface area contributed by atoms with E-state index in [9.17, 15) is 22.8 Å². The topological polar surface area (TPSA) is 75.6 Å². The molecule has 0 spiro atoms. The third kappa shape index (κ3) is 6.23. The zero-order chi connectivity index (χ0) is 13.0. The number of carbonyl (C=O) groups is 2. The van der Waals surface area contributed by atoms with Crippen LogP contribution in [0.4, 0.5) is 13.2 Å². The van der Waals surface area contributed by atoms with E-state index in [0.29, 0.717) is 0 Å².